The Morgan fingerprint density at radius 2 is 1.50 bits per heavy atom. The lowest BCUT2D eigenvalue weighted by Crippen LogP contribution is -2.48. The molecule has 110 valence electrons. The van der Waals surface area contributed by atoms with Gasteiger partial charge in [0.15, 0.2) is 0 Å². The second-order valence-electron chi connectivity index (χ2n) is 7.31. The highest BCUT2D eigenvalue weighted by Gasteiger charge is 2.48. The molecule has 0 aromatic heterocycles. The van der Waals surface area contributed by atoms with Crippen LogP contribution in [-0.2, 0) is 9.59 Å². The highest BCUT2D eigenvalue weighted by molar-refractivity contribution is 5.81. The number of fused-ring (bicyclic) bond motifs is 1. The molecule has 2 atom stereocenters. The first kappa shape index (κ1) is 12.7. The number of rotatable bonds is 3. The van der Waals surface area contributed by atoms with Gasteiger partial charge < -0.3 is 10.2 Å². The van der Waals surface area contributed by atoms with Crippen molar-refractivity contribution in [3.05, 3.63) is 0 Å². The summed E-state index contributed by atoms with van der Waals surface area (Å²) in [5, 5.41) is 3.23. The summed E-state index contributed by atoms with van der Waals surface area (Å²) in [7, 11) is 0. The zero-order chi connectivity index (χ0) is 13.7. The van der Waals surface area contributed by atoms with E-state index in [9.17, 15) is 9.59 Å². The number of carbonyl (C=O) groups excluding carboxylic acids is 2. The summed E-state index contributed by atoms with van der Waals surface area (Å²) >= 11 is 0. The third-order valence-corrected chi connectivity index (χ3v) is 5.69. The molecule has 4 heteroatoms. The summed E-state index contributed by atoms with van der Waals surface area (Å²) in [5.74, 6) is 2.97. The summed E-state index contributed by atoms with van der Waals surface area (Å²) in [6.45, 7) is 1.66. The van der Waals surface area contributed by atoms with E-state index in [4.69, 9.17) is 0 Å². The number of hydrogen-bond acceptors (Lipinski definition) is 2. The van der Waals surface area contributed by atoms with E-state index >= 15 is 0 Å². The van der Waals surface area contributed by atoms with Gasteiger partial charge in [0.05, 0.1) is 0 Å². The van der Waals surface area contributed by atoms with Crippen LogP contribution in [0.2, 0.25) is 0 Å². The zero-order valence-electron chi connectivity index (χ0n) is 12.0. The van der Waals surface area contributed by atoms with E-state index in [0.29, 0.717) is 17.9 Å². The van der Waals surface area contributed by atoms with Gasteiger partial charge in [-0.3, -0.25) is 9.59 Å². The minimum Gasteiger partial charge on any atom is -0.353 e. The molecule has 0 aromatic rings. The van der Waals surface area contributed by atoms with E-state index < -0.39 is 0 Å². The third kappa shape index (κ3) is 2.45. The molecule has 0 bridgehead atoms. The van der Waals surface area contributed by atoms with Crippen molar-refractivity contribution in [1.82, 2.24) is 10.2 Å². The molecular weight excluding hydrogens is 252 g/mol. The lowest BCUT2D eigenvalue weighted by molar-refractivity contribution is -0.133. The van der Waals surface area contributed by atoms with Gasteiger partial charge in [0.1, 0.15) is 0 Å². The normalized spacial score (nSPS) is 36.6. The van der Waals surface area contributed by atoms with Crippen molar-refractivity contribution < 1.29 is 9.59 Å². The van der Waals surface area contributed by atoms with E-state index in [-0.39, 0.29) is 11.8 Å². The molecule has 4 aliphatic rings. The first-order valence-electron chi connectivity index (χ1n) is 8.30. The number of hydrogen-bond donors (Lipinski definition) is 1. The predicted octanol–water partition coefficient (Wildman–Crippen LogP) is 1.55. The van der Waals surface area contributed by atoms with Gasteiger partial charge in [0, 0.05) is 31.0 Å². The van der Waals surface area contributed by atoms with Gasteiger partial charge in [-0.05, 0) is 56.8 Å². The first-order valence-corrected chi connectivity index (χ1v) is 8.30. The van der Waals surface area contributed by atoms with Crippen molar-refractivity contribution in [2.24, 2.45) is 23.7 Å². The number of nitrogens with zero attached hydrogens (tertiary/aromatic N) is 1. The Hall–Kier alpha value is -1.06. The average molecular weight is 276 g/mol. The third-order valence-electron chi connectivity index (χ3n) is 5.69. The lowest BCUT2D eigenvalue weighted by Gasteiger charge is -2.33. The maximum Gasteiger partial charge on any atom is 0.225 e. The summed E-state index contributed by atoms with van der Waals surface area (Å²) in [6, 6.07) is 0.294. The average Bonchev–Trinajstić information content (AvgIpc) is 3.38. The summed E-state index contributed by atoms with van der Waals surface area (Å²) < 4.78 is 0. The van der Waals surface area contributed by atoms with E-state index in [0.717, 1.165) is 63.5 Å². The highest BCUT2D eigenvalue weighted by Crippen LogP contribution is 2.54. The van der Waals surface area contributed by atoms with Crippen LogP contribution >= 0.6 is 0 Å². The van der Waals surface area contributed by atoms with Crippen LogP contribution in [0, 0.1) is 23.7 Å². The Labute approximate surface area is 120 Å². The minimum atomic E-state index is 0.282. The van der Waals surface area contributed by atoms with Crippen molar-refractivity contribution in [2.75, 3.05) is 13.1 Å². The van der Waals surface area contributed by atoms with E-state index in [1.165, 1.54) is 6.42 Å². The molecule has 2 amide bonds. The highest BCUT2D eigenvalue weighted by atomic mass is 16.2. The van der Waals surface area contributed by atoms with E-state index in [1.807, 2.05) is 4.90 Å². The van der Waals surface area contributed by atoms with Crippen molar-refractivity contribution in [1.29, 1.82) is 0 Å². The quantitative estimate of drug-likeness (QED) is 0.850. The van der Waals surface area contributed by atoms with Crippen LogP contribution in [-0.4, -0.2) is 35.8 Å². The summed E-state index contributed by atoms with van der Waals surface area (Å²) in [4.78, 5) is 26.2. The molecule has 0 spiro atoms. The fraction of sp³-hybridized carbons (Fsp3) is 0.875. The summed E-state index contributed by atoms with van der Waals surface area (Å²) in [6.07, 6.45) is 7.64. The molecule has 0 radical (unpaired) electrons. The Morgan fingerprint density at radius 3 is 2.10 bits per heavy atom. The Bertz CT molecular complexity index is 414. The molecule has 3 saturated carbocycles. The second kappa shape index (κ2) is 4.74. The molecule has 3 aliphatic carbocycles. The van der Waals surface area contributed by atoms with E-state index in [1.54, 1.807) is 0 Å². The van der Waals surface area contributed by atoms with Crippen LogP contribution in [0.3, 0.4) is 0 Å². The molecule has 4 rings (SSSR count). The van der Waals surface area contributed by atoms with Crippen molar-refractivity contribution in [3.8, 4) is 0 Å². The minimum absolute atomic E-state index is 0.282. The number of piperidine rings is 1. The molecule has 1 N–H and O–H groups in total. The van der Waals surface area contributed by atoms with Gasteiger partial charge in [-0.15, -0.1) is 0 Å². The fourth-order valence-corrected chi connectivity index (χ4v) is 4.08. The first-order chi connectivity index (χ1) is 9.70. The fourth-order valence-electron chi connectivity index (χ4n) is 4.08. The predicted molar refractivity (Wildman–Crippen MR) is 74.8 cm³/mol. The monoisotopic (exact) mass is 276 g/mol. The number of amides is 2. The maximum atomic E-state index is 12.2. The SMILES string of the molecule is O=C(NC1CCN(C(=O)C2CC2)CC1)C1CC2CC2C1. The van der Waals surface area contributed by atoms with Crippen LogP contribution in [0.25, 0.3) is 0 Å². The molecule has 1 heterocycles. The number of likely N-dealkylation sites (tertiary alicyclic amines) is 1. The van der Waals surface area contributed by atoms with Crippen molar-refractivity contribution in [3.63, 3.8) is 0 Å². The molecule has 1 saturated heterocycles. The Balaban J connectivity index is 1.22. The van der Waals surface area contributed by atoms with Crippen molar-refractivity contribution in [2.45, 2.75) is 51.0 Å². The topological polar surface area (TPSA) is 49.4 Å². The second-order valence-corrected chi connectivity index (χ2v) is 7.31. The molecule has 2 unspecified atom stereocenters. The van der Waals surface area contributed by atoms with Gasteiger partial charge in [0.2, 0.25) is 11.8 Å². The van der Waals surface area contributed by atoms with Crippen LogP contribution in [0.1, 0.15) is 44.9 Å². The van der Waals surface area contributed by atoms with Crippen LogP contribution < -0.4 is 5.32 Å². The molecule has 1 aliphatic heterocycles. The number of carbonyl (C=O) groups is 2. The van der Waals surface area contributed by atoms with Crippen LogP contribution in [0.5, 0.6) is 0 Å². The van der Waals surface area contributed by atoms with E-state index in [2.05, 4.69) is 5.32 Å². The van der Waals surface area contributed by atoms with Gasteiger partial charge in [-0.2, -0.15) is 0 Å². The van der Waals surface area contributed by atoms with Crippen LogP contribution in [0.4, 0.5) is 0 Å². The Morgan fingerprint density at radius 1 is 0.850 bits per heavy atom. The Kier molecular flexibility index (Phi) is 3.00. The molecule has 20 heavy (non-hydrogen) atoms. The molecule has 4 nitrogen and oxygen atoms in total. The van der Waals surface area contributed by atoms with Crippen LogP contribution in [0.15, 0.2) is 0 Å². The van der Waals surface area contributed by atoms with Gasteiger partial charge in [-0.25, -0.2) is 0 Å². The van der Waals surface area contributed by atoms with Gasteiger partial charge >= 0.3 is 0 Å². The van der Waals surface area contributed by atoms with Crippen molar-refractivity contribution >= 4 is 11.8 Å². The number of nitrogens with one attached hydrogen (secondary N) is 1. The molecule has 4 fully saturated rings. The smallest absolute Gasteiger partial charge is 0.225 e. The van der Waals surface area contributed by atoms with Gasteiger partial charge in [0.25, 0.3) is 0 Å². The standard InChI is InChI=1S/C16H24N2O2/c19-15(13-8-11-7-12(11)9-13)17-14-3-5-18(6-4-14)16(20)10-1-2-10/h10-14H,1-9H2,(H,17,19). The zero-order valence-corrected chi connectivity index (χ0v) is 12.0. The maximum absolute atomic E-state index is 12.2. The molecule has 0 aromatic carbocycles. The largest absolute Gasteiger partial charge is 0.353 e. The lowest BCUT2D eigenvalue weighted by atomic mass is 9.99. The molecular formula is C16H24N2O2. The van der Waals surface area contributed by atoms with Gasteiger partial charge in [-0.1, -0.05) is 0 Å². The summed E-state index contributed by atoms with van der Waals surface area (Å²) in [5.41, 5.74) is 0.